The Hall–Kier alpha value is -2.29. The average Bonchev–Trinajstić information content (AvgIpc) is 3.14. The van der Waals surface area contributed by atoms with Gasteiger partial charge in [0.05, 0.1) is 16.5 Å². The molecule has 0 aliphatic rings. The summed E-state index contributed by atoms with van der Waals surface area (Å²) in [5.41, 5.74) is 1.69. The third kappa shape index (κ3) is 6.37. The highest BCUT2D eigenvalue weighted by molar-refractivity contribution is 9.10. The van der Waals surface area contributed by atoms with Crippen molar-refractivity contribution in [3.63, 3.8) is 0 Å². The number of benzene rings is 2. The predicted octanol–water partition coefficient (Wildman–Crippen LogP) is 6.31. The number of allylic oxidation sites excluding steroid dienone is 1. The molecule has 168 valence electrons. The molecule has 1 aromatic heterocycles. The van der Waals surface area contributed by atoms with E-state index < -0.39 is 0 Å². The molecule has 9 heteroatoms. The van der Waals surface area contributed by atoms with Crippen LogP contribution in [0, 0.1) is 0 Å². The number of ether oxygens (including phenoxy) is 1. The van der Waals surface area contributed by atoms with E-state index in [9.17, 15) is 4.79 Å². The number of aromatic nitrogens is 3. The fourth-order valence-corrected chi connectivity index (χ4v) is 4.30. The zero-order chi connectivity index (χ0) is 23.1. The van der Waals surface area contributed by atoms with Crippen LogP contribution >= 0.6 is 39.3 Å². The Balaban J connectivity index is 1.67. The van der Waals surface area contributed by atoms with Gasteiger partial charge in [-0.3, -0.25) is 9.36 Å². The van der Waals surface area contributed by atoms with Crippen molar-refractivity contribution in [1.29, 1.82) is 0 Å². The average molecular weight is 536 g/mol. The maximum absolute atomic E-state index is 12.4. The van der Waals surface area contributed by atoms with E-state index in [-0.39, 0.29) is 18.3 Å². The highest BCUT2D eigenvalue weighted by Crippen LogP contribution is 2.30. The number of para-hydroxylation sites is 1. The largest absolute Gasteiger partial charge is 0.485 e. The molecule has 32 heavy (non-hydrogen) atoms. The van der Waals surface area contributed by atoms with Crippen LogP contribution in [0.25, 0.3) is 0 Å². The van der Waals surface area contributed by atoms with Gasteiger partial charge in [-0.25, -0.2) is 0 Å². The van der Waals surface area contributed by atoms with Gasteiger partial charge in [0.1, 0.15) is 12.4 Å². The van der Waals surface area contributed by atoms with Crippen LogP contribution in [0.15, 0.2) is 64.7 Å². The second kappa shape index (κ2) is 11.5. The maximum Gasteiger partial charge on any atom is 0.234 e. The first-order valence-electron chi connectivity index (χ1n) is 10.0. The van der Waals surface area contributed by atoms with Crippen molar-refractivity contribution in [3.8, 4) is 5.75 Å². The number of amides is 1. The summed E-state index contributed by atoms with van der Waals surface area (Å²) in [6.07, 6.45) is 1.76. The standard InChI is InChI=1S/C23H24BrClN4O2S/c1-4-11-29-21(13-31-20-10-9-16(24)12-17(20)15(2)3)27-28-23(29)32-14-22(30)26-19-8-6-5-7-18(19)25/h4-10,12,15H,1,11,13-14H2,2-3H3,(H,26,30). The Kier molecular flexibility index (Phi) is 8.78. The molecule has 2 aromatic carbocycles. The number of carbonyl (C=O) groups excluding carboxylic acids is 1. The number of hydrogen-bond acceptors (Lipinski definition) is 5. The van der Waals surface area contributed by atoms with Crippen LogP contribution in [-0.4, -0.2) is 26.4 Å². The molecule has 1 heterocycles. The first-order chi connectivity index (χ1) is 15.4. The summed E-state index contributed by atoms with van der Waals surface area (Å²) < 4.78 is 8.98. The van der Waals surface area contributed by atoms with Crippen molar-refractivity contribution in [3.05, 3.63) is 76.0 Å². The van der Waals surface area contributed by atoms with E-state index >= 15 is 0 Å². The third-order valence-corrected chi connectivity index (χ3v) is 6.33. The molecule has 3 rings (SSSR count). The number of anilines is 1. The van der Waals surface area contributed by atoms with Crippen LogP contribution in [0.2, 0.25) is 5.02 Å². The van der Waals surface area contributed by atoms with Gasteiger partial charge in [0.2, 0.25) is 5.91 Å². The summed E-state index contributed by atoms with van der Waals surface area (Å²) in [5.74, 6) is 1.79. The van der Waals surface area contributed by atoms with Gasteiger partial charge in [0.25, 0.3) is 0 Å². The van der Waals surface area contributed by atoms with Gasteiger partial charge in [-0.2, -0.15) is 0 Å². The number of carbonyl (C=O) groups is 1. The Morgan fingerprint density at radius 2 is 2.09 bits per heavy atom. The second-order valence-corrected chi connectivity index (χ2v) is 9.51. The van der Waals surface area contributed by atoms with Gasteiger partial charge in [-0.15, -0.1) is 16.8 Å². The molecule has 0 aliphatic heterocycles. The number of nitrogens with zero attached hydrogens (tertiary/aromatic N) is 3. The highest BCUT2D eigenvalue weighted by Gasteiger charge is 2.16. The van der Waals surface area contributed by atoms with Gasteiger partial charge in [0, 0.05) is 11.0 Å². The molecule has 0 radical (unpaired) electrons. The molecule has 1 amide bonds. The number of halogens is 2. The fraction of sp³-hybridized carbons (Fsp3) is 0.261. The lowest BCUT2D eigenvalue weighted by molar-refractivity contribution is -0.113. The molecule has 6 nitrogen and oxygen atoms in total. The first kappa shape index (κ1) is 24.4. The van der Waals surface area contributed by atoms with Crippen molar-refractivity contribution in [2.45, 2.75) is 38.1 Å². The third-order valence-electron chi connectivity index (χ3n) is 4.54. The molecule has 3 aromatic rings. The van der Waals surface area contributed by atoms with E-state index in [2.05, 4.69) is 57.9 Å². The molecule has 0 spiro atoms. The summed E-state index contributed by atoms with van der Waals surface area (Å²) in [6.45, 7) is 8.83. The van der Waals surface area contributed by atoms with Gasteiger partial charge >= 0.3 is 0 Å². The minimum absolute atomic E-state index is 0.172. The van der Waals surface area contributed by atoms with E-state index in [1.54, 1.807) is 18.2 Å². The Morgan fingerprint density at radius 3 is 2.81 bits per heavy atom. The highest BCUT2D eigenvalue weighted by atomic mass is 79.9. The number of rotatable bonds is 10. The van der Waals surface area contributed by atoms with Crippen molar-refractivity contribution in [2.24, 2.45) is 0 Å². The zero-order valence-corrected chi connectivity index (χ0v) is 21.0. The molecule has 0 fully saturated rings. The molecule has 0 unspecified atom stereocenters. The minimum atomic E-state index is -0.175. The van der Waals surface area contributed by atoms with Crippen LogP contribution in [0.4, 0.5) is 5.69 Å². The van der Waals surface area contributed by atoms with Crippen LogP contribution in [0.1, 0.15) is 31.2 Å². The van der Waals surface area contributed by atoms with Gasteiger partial charge in [0.15, 0.2) is 11.0 Å². The molecule has 0 atom stereocenters. The summed E-state index contributed by atoms with van der Waals surface area (Å²) in [5, 5.41) is 12.5. The Labute approximate surface area is 205 Å². The van der Waals surface area contributed by atoms with E-state index in [1.807, 2.05) is 28.8 Å². The number of hydrogen-bond donors (Lipinski definition) is 1. The van der Waals surface area contributed by atoms with Crippen LogP contribution in [0.3, 0.4) is 0 Å². The molecule has 0 saturated carbocycles. The van der Waals surface area contributed by atoms with Crippen LogP contribution in [-0.2, 0) is 17.9 Å². The monoisotopic (exact) mass is 534 g/mol. The predicted molar refractivity (Wildman–Crippen MR) is 134 cm³/mol. The molecular weight excluding hydrogens is 512 g/mol. The van der Waals surface area contributed by atoms with E-state index in [1.165, 1.54) is 11.8 Å². The smallest absolute Gasteiger partial charge is 0.234 e. The fourth-order valence-electron chi connectivity index (χ4n) is 2.97. The number of thioether (sulfide) groups is 1. The Bertz CT molecular complexity index is 1100. The summed E-state index contributed by atoms with van der Waals surface area (Å²) >= 11 is 10.9. The summed E-state index contributed by atoms with van der Waals surface area (Å²) in [7, 11) is 0. The normalized spacial score (nSPS) is 10.9. The van der Waals surface area contributed by atoms with E-state index in [0.29, 0.717) is 34.2 Å². The topological polar surface area (TPSA) is 69.0 Å². The van der Waals surface area contributed by atoms with Gasteiger partial charge in [-0.1, -0.05) is 71.3 Å². The zero-order valence-electron chi connectivity index (χ0n) is 17.8. The molecule has 0 aliphatic carbocycles. The minimum Gasteiger partial charge on any atom is -0.485 e. The second-order valence-electron chi connectivity index (χ2n) is 7.24. The summed E-state index contributed by atoms with van der Waals surface area (Å²) in [6, 6.07) is 13.1. The van der Waals surface area contributed by atoms with E-state index in [4.69, 9.17) is 16.3 Å². The lowest BCUT2D eigenvalue weighted by Crippen LogP contribution is -2.15. The van der Waals surface area contributed by atoms with Gasteiger partial charge < -0.3 is 10.1 Å². The molecule has 1 N–H and O–H groups in total. The van der Waals surface area contributed by atoms with Crippen LogP contribution in [0.5, 0.6) is 5.75 Å². The summed E-state index contributed by atoms with van der Waals surface area (Å²) in [4.78, 5) is 12.4. The molecular formula is C23H24BrClN4O2S. The first-order valence-corrected chi connectivity index (χ1v) is 12.2. The van der Waals surface area contributed by atoms with Crippen molar-refractivity contribution >= 4 is 50.9 Å². The van der Waals surface area contributed by atoms with E-state index in [0.717, 1.165) is 15.8 Å². The SMILES string of the molecule is C=CCn1c(COc2ccc(Br)cc2C(C)C)nnc1SCC(=O)Nc1ccccc1Cl. The Morgan fingerprint density at radius 1 is 1.31 bits per heavy atom. The maximum atomic E-state index is 12.4. The van der Waals surface area contributed by atoms with Crippen molar-refractivity contribution in [1.82, 2.24) is 14.8 Å². The van der Waals surface area contributed by atoms with Gasteiger partial charge in [-0.05, 0) is 41.8 Å². The molecule has 0 bridgehead atoms. The number of nitrogens with one attached hydrogen (secondary N) is 1. The van der Waals surface area contributed by atoms with Crippen LogP contribution < -0.4 is 10.1 Å². The van der Waals surface area contributed by atoms with Crippen molar-refractivity contribution < 1.29 is 9.53 Å². The molecule has 0 saturated heterocycles. The quantitative estimate of drug-likeness (QED) is 0.243. The lowest BCUT2D eigenvalue weighted by atomic mass is 10.0. The lowest BCUT2D eigenvalue weighted by Gasteiger charge is -2.15. The van der Waals surface area contributed by atoms with Crippen molar-refractivity contribution in [2.75, 3.05) is 11.1 Å².